The van der Waals surface area contributed by atoms with Gasteiger partial charge in [-0.05, 0) is 18.2 Å². The molecule has 0 N–H and O–H groups in total. The maximum Gasteiger partial charge on any atom is 0.271 e. The number of methoxy groups -OCH3 is 3. The first-order valence-electron chi connectivity index (χ1n) is 7.54. The van der Waals surface area contributed by atoms with Crippen LogP contribution in [0.3, 0.4) is 0 Å². The van der Waals surface area contributed by atoms with Gasteiger partial charge in [0.05, 0.1) is 31.9 Å². The first-order valence-corrected chi connectivity index (χ1v) is 7.54. The summed E-state index contributed by atoms with van der Waals surface area (Å²) in [4.78, 5) is 14.8. The Labute approximate surface area is 148 Å². The number of benzene rings is 2. The third-order valence-electron chi connectivity index (χ3n) is 3.76. The maximum absolute atomic E-state index is 11.0. The second kappa shape index (κ2) is 7.09. The molecule has 26 heavy (non-hydrogen) atoms. The number of nitro groups is 1. The molecule has 0 saturated carbocycles. The fourth-order valence-corrected chi connectivity index (χ4v) is 2.58. The van der Waals surface area contributed by atoms with Crippen molar-refractivity contribution in [1.29, 1.82) is 0 Å². The average molecular weight is 356 g/mol. The molecule has 0 aliphatic carbocycles. The summed E-state index contributed by atoms with van der Waals surface area (Å²) >= 11 is 0. The minimum absolute atomic E-state index is 0.0335. The van der Waals surface area contributed by atoms with Gasteiger partial charge in [0.25, 0.3) is 5.69 Å². The Hall–Kier alpha value is -3.62. The second-order valence-corrected chi connectivity index (χ2v) is 5.19. The second-order valence-electron chi connectivity index (χ2n) is 5.19. The summed E-state index contributed by atoms with van der Waals surface area (Å²) in [5.41, 5.74) is 1.14. The van der Waals surface area contributed by atoms with Crippen molar-refractivity contribution in [3.8, 4) is 34.3 Å². The standard InChI is InChI=1S/C17H16N4O5/c1-24-14-7-11(8-15(25-2)16(14)26-3)17-18-10-19-20(17)12-5-4-6-13(9-12)21(22)23/h4-10H,1-3H3. The Bertz CT molecular complexity index is 929. The first-order chi connectivity index (χ1) is 12.6. The first kappa shape index (κ1) is 17.2. The van der Waals surface area contributed by atoms with Crippen LogP contribution in [-0.4, -0.2) is 41.0 Å². The summed E-state index contributed by atoms with van der Waals surface area (Å²) in [6, 6.07) is 9.62. The molecule has 0 spiro atoms. The van der Waals surface area contributed by atoms with E-state index in [9.17, 15) is 10.1 Å². The minimum atomic E-state index is -0.459. The van der Waals surface area contributed by atoms with Gasteiger partial charge in [0.2, 0.25) is 5.75 Å². The highest BCUT2D eigenvalue weighted by Gasteiger charge is 2.18. The molecule has 1 aromatic heterocycles. The molecule has 0 aliphatic rings. The van der Waals surface area contributed by atoms with E-state index in [1.165, 1.54) is 44.5 Å². The summed E-state index contributed by atoms with van der Waals surface area (Å²) in [6.07, 6.45) is 1.37. The molecule has 3 rings (SSSR count). The molecule has 0 aliphatic heterocycles. The molecule has 0 fully saturated rings. The molecular formula is C17H16N4O5. The van der Waals surface area contributed by atoms with Gasteiger partial charge in [0, 0.05) is 17.7 Å². The van der Waals surface area contributed by atoms with Crippen LogP contribution >= 0.6 is 0 Å². The molecule has 2 aromatic carbocycles. The number of nitrogens with zero attached hydrogens (tertiary/aromatic N) is 4. The quantitative estimate of drug-likeness (QED) is 0.494. The van der Waals surface area contributed by atoms with E-state index in [1.807, 2.05) is 0 Å². The molecule has 0 radical (unpaired) electrons. The summed E-state index contributed by atoms with van der Waals surface area (Å²) in [5.74, 6) is 1.87. The minimum Gasteiger partial charge on any atom is -0.493 e. The summed E-state index contributed by atoms with van der Waals surface area (Å²) in [7, 11) is 4.56. The molecule has 0 atom stereocenters. The Morgan fingerprint density at radius 2 is 1.73 bits per heavy atom. The van der Waals surface area contributed by atoms with Gasteiger partial charge in [-0.25, -0.2) is 9.67 Å². The lowest BCUT2D eigenvalue weighted by atomic mass is 10.1. The molecule has 0 amide bonds. The van der Waals surface area contributed by atoms with Gasteiger partial charge in [-0.15, -0.1) is 0 Å². The van der Waals surface area contributed by atoms with Crippen molar-refractivity contribution in [2.75, 3.05) is 21.3 Å². The Kier molecular flexibility index (Phi) is 4.70. The number of hydrogen-bond donors (Lipinski definition) is 0. The molecular weight excluding hydrogens is 340 g/mol. The van der Waals surface area contributed by atoms with Crippen molar-refractivity contribution in [3.05, 3.63) is 52.8 Å². The molecule has 3 aromatic rings. The summed E-state index contributed by atoms with van der Waals surface area (Å²) < 4.78 is 17.6. The van der Waals surface area contributed by atoms with E-state index < -0.39 is 4.92 Å². The predicted octanol–water partition coefficient (Wildman–Crippen LogP) is 2.87. The smallest absolute Gasteiger partial charge is 0.271 e. The SMILES string of the molecule is COc1cc(-c2ncnn2-c2cccc([N+](=O)[O-])c2)cc(OC)c1OC. The monoisotopic (exact) mass is 356 g/mol. The van der Waals surface area contributed by atoms with Crippen LogP contribution in [0.2, 0.25) is 0 Å². The van der Waals surface area contributed by atoms with E-state index in [0.717, 1.165) is 0 Å². The third kappa shape index (κ3) is 3.02. The molecule has 0 saturated heterocycles. The maximum atomic E-state index is 11.0. The largest absolute Gasteiger partial charge is 0.493 e. The van der Waals surface area contributed by atoms with Crippen LogP contribution in [0.15, 0.2) is 42.7 Å². The van der Waals surface area contributed by atoms with Gasteiger partial charge < -0.3 is 14.2 Å². The average Bonchev–Trinajstić information content (AvgIpc) is 3.16. The highest BCUT2D eigenvalue weighted by molar-refractivity contribution is 5.68. The van der Waals surface area contributed by atoms with Crippen LogP contribution in [0.5, 0.6) is 17.2 Å². The van der Waals surface area contributed by atoms with Gasteiger partial charge in [-0.1, -0.05) is 6.07 Å². The molecule has 0 unspecified atom stereocenters. The number of rotatable bonds is 6. The van der Waals surface area contributed by atoms with Crippen molar-refractivity contribution in [2.24, 2.45) is 0 Å². The van der Waals surface area contributed by atoms with Crippen molar-refractivity contribution < 1.29 is 19.1 Å². The summed E-state index contributed by atoms with van der Waals surface area (Å²) in [5, 5.41) is 15.2. The molecule has 134 valence electrons. The summed E-state index contributed by atoms with van der Waals surface area (Å²) in [6.45, 7) is 0. The zero-order valence-corrected chi connectivity index (χ0v) is 14.4. The van der Waals surface area contributed by atoms with Crippen molar-refractivity contribution in [1.82, 2.24) is 14.8 Å². The topological polar surface area (TPSA) is 102 Å². The van der Waals surface area contributed by atoms with Crippen LogP contribution in [0, 0.1) is 10.1 Å². The van der Waals surface area contributed by atoms with E-state index in [-0.39, 0.29) is 5.69 Å². The predicted molar refractivity (Wildman–Crippen MR) is 93.1 cm³/mol. The molecule has 9 nitrogen and oxygen atoms in total. The van der Waals surface area contributed by atoms with Crippen LogP contribution < -0.4 is 14.2 Å². The van der Waals surface area contributed by atoms with Gasteiger partial charge in [0.15, 0.2) is 17.3 Å². The number of aromatic nitrogens is 3. The van der Waals surface area contributed by atoms with Crippen LogP contribution in [0.25, 0.3) is 17.1 Å². The number of ether oxygens (including phenoxy) is 3. The van der Waals surface area contributed by atoms with Crippen molar-refractivity contribution >= 4 is 5.69 Å². The van der Waals surface area contributed by atoms with E-state index in [4.69, 9.17) is 14.2 Å². The Morgan fingerprint density at radius 1 is 1.04 bits per heavy atom. The lowest BCUT2D eigenvalue weighted by molar-refractivity contribution is -0.384. The normalized spacial score (nSPS) is 10.4. The Morgan fingerprint density at radius 3 is 2.31 bits per heavy atom. The highest BCUT2D eigenvalue weighted by atomic mass is 16.6. The van der Waals surface area contributed by atoms with Crippen LogP contribution in [0.1, 0.15) is 0 Å². The zero-order valence-electron chi connectivity index (χ0n) is 14.4. The fourth-order valence-electron chi connectivity index (χ4n) is 2.58. The molecule has 9 heteroatoms. The van der Waals surface area contributed by atoms with Crippen LogP contribution in [0.4, 0.5) is 5.69 Å². The number of hydrogen-bond acceptors (Lipinski definition) is 7. The highest BCUT2D eigenvalue weighted by Crippen LogP contribution is 2.41. The van der Waals surface area contributed by atoms with Crippen molar-refractivity contribution in [3.63, 3.8) is 0 Å². The van der Waals surface area contributed by atoms with Crippen LogP contribution in [-0.2, 0) is 0 Å². The zero-order chi connectivity index (χ0) is 18.7. The van der Waals surface area contributed by atoms with E-state index in [0.29, 0.717) is 34.3 Å². The van der Waals surface area contributed by atoms with Gasteiger partial charge in [0.1, 0.15) is 6.33 Å². The van der Waals surface area contributed by atoms with Crippen molar-refractivity contribution in [2.45, 2.75) is 0 Å². The van der Waals surface area contributed by atoms with Gasteiger partial charge in [-0.3, -0.25) is 10.1 Å². The molecule has 0 bridgehead atoms. The number of nitro benzene ring substituents is 1. The van der Waals surface area contributed by atoms with Gasteiger partial charge in [-0.2, -0.15) is 5.10 Å². The lowest BCUT2D eigenvalue weighted by Gasteiger charge is -2.14. The molecule has 1 heterocycles. The lowest BCUT2D eigenvalue weighted by Crippen LogP contribution is -2.02. The van der Waals surface area contributed by atoms with E-state index in [1.54, 1.807) is 24.3 Å². The van der Waals surface area contributed by atoms with Gasteiger partial charge >= 0.3 is 0 Å². The fraction of sp³-hybridized carbons (Fsp3) is 0.176. The Balaban J connectivity index is 2.15. The van der Waals surface area contributed by atoms with E-state index >= 15 is 0 Å². The number of non-ortho nitro benzene ring substituents is 1. The third-order valence-corrected chi connectivity index (χ3v) is 3.76. The van der Waals surface area contributed by atoms with E-state index in [2.05, 4.69) is 10.1 Å².